The van der Waals surface area contributed by atoms with Crippen molar-refractivity contribution in [3.63, 3.8) is 0 Å². The van der Waals surface area contributed by atoms with Crippen molar-refractivity contribution in [3.8, 4) is 0 Å². The number of rotatable bonds is 6. The Labute approximate surface area is 214 Å². The first kappa shape index (κ1) is 25.3. The molecule has 2 aliphatic heterocycles. The van der Waals surface area contributed by atoms with Gasteiger partial charge in [0.25, 0.3) is 0 Å². The largest absolute Gasteiger partial charge is 0.376 e. The molecule has 2 aromatic carbocycles. The molecular weight excluding hydrogens is 501 g/mol. The molecule has 1 aromatic heterocycles. The van der Waals surface area contributed by atoms with Crippen molar-refractivity contribution in [1.29, 1.82) is 0 Å². The van der Waals surface area contributed by atoms with E-state index in [0.29, 0.717) is 37.7 Å². The highest BCUT2D eigenvalue weighted by atomic mass is 32.2. The van der Waals surface area contributed by atoms with Crippen molar-refractivity contribution in [1.82, 2.24) is 9.29 Å². The van der Waals surface area contributed by atoms with E-state index in [1.807, 2.05) is 13.0 Å². The Morgan fingerprint density at radius 1 is 1.17 bits per heavy atom. The first-order chi connectivity index (χ1) is 17.2. The lowest BCUT2D eigenvalue weighted by Gasteiger charge is -2.34. The van der Waals surface area contributed by atoms with Crippen LogP contribution in [0.2, 0.25) is 0 Å². The zero-order valence-corrected chi connectivity index (χ0v) is 22.1. The van der Waals surface area contributed by atoms with Gasteiger partial charge in [0.15, 0.2) is 5.13 Å². The van der Waals surface area contributed by atoms with Crippen LogP contribution in [0, 0.1) is 25.6 Å². The number of sulfonamides is 1. The number of aryl methyl sites for hydroxylation is 2. The standard InChI is InChI=1S/C26H30FN3O4S2/c1-17-13-23-24(14-18(17)2)35-26(28-23)30(16-21-6-4-12-34-21)25(31)19-5-3-11-29(15-19)36(32,33)22-9-7-20(27)8-10-22/h7-10,13-14,19,21H,3-6,11-12,15-16H2,1-2H3. The summed E-state index contributed by atoms with van der Waals surface area (Å²) in [6.07, 6.45) is 2.94. The molecule has 36 heavy (non-hydrogen) atoms. The number of carbonyl (C=O) groups excluding carboxylic acids is 1. The number of hydrogen-bond acceptors (Lipinski definition) is 6. The predicted octanol–water partition coefficient (Wildman–Crippen LogP) is 4.67. The van der Waals surface area contributed by atoms with Gasteiger partial charge in [0, 0.05) is 19.7 Å². The number of benzene rings is 2. The molecule has 0 bridgehead atoms. The third kappa shape index (κ3) is 5.04. The molecule has 0 spiro atoms. The number of nitrogens with zero attached hydrogens (tertiary/aromatic N) is 3. The molecule has 7 nitrogen and oxygen atoms in total. The van der Waals surface area contributed by atoms with Crippen LogP contribution < -0.4 is 4.90 Å². The van der Waals surface area contributed by atoms with Crippen LogP contribution >= 0.6 is 11.3 Å². The van der Waals surface area contributed by atoms with Crippen LogP contribution in [0.25, 0.3) is 10.2 Å². The van der Waals surface area contributed by atoms with E-state index < -0.39 is 21.8 Å². The summed E-state index contributed by atoms with van der Waals surface area (Å²) in [6, 6.07) is 8.95. The smallest absolute Gasteiger partial charge is 0.243 e. The van der Waals surface area contributed by atoms with Crippen molar-refractivity contribution in [2.45, 2.75) is 50.5 Å². The highest BCUT2D eigenvalue weighted by Gasteiger charge is 2.37. The number of halogens is 1. The van der Waals surface area contributed by atoms with Crippen LogP contribution in [0.5, 0.6) is 0 Å². The summed E-state index contributed by atoms with van der Waals surface area (Å²) in [5.74, 6) is -1.12. The third-order valence-corrected chi connectivity index (χ3v) is 10.0. The Hall–Kier alpha value is -2.40. The number of carbonyl (C=O) groups is 1. The summed E-state index contributed by atoms with van der Waals surface area (Å²) < 4.78 is 48.0. The lowest BCUT2D eigenvalue weighted by molar-refractivity contribution is -0.123. The summed E-state index contributed by atoms with van der Waals surface area (Å²) in [5.41, 5.74) is 3.17. The molecule has 192 valence electrons. The lowest BCUT2D eigenvalue weighted by atomic mass is 9.98. The van der Waals surface area contributed by atoms with Gasteiger partial charge in [-0.05, 0) is 87.1 Å². The van der Waals surface area contributed by atoms with E-state index in [0.717, 1.165) is 40.8 Å². The van der Waals surface area contributed by atoms with Crippen LogP contribution in [0.1, 0.15) is 36.8 Å². The van der Waals surface area contributed by atoms with Crippen molar-refractivity contribution in [3.05, 3.63) is 53.3 Å². The van der Waals surface area contributed by atoms with Crippen LogP contribution in [0.4, 0.5) is 9.52 Å². The summed E-state index contributed by atoms with van der Waals surface area (Å²) in [7, 11) is -3.83. The lowest BCUT2D eigenvalue weighted by Crippen LogP contribution is -2.48. The van der Waals surface area contributed by atoms with Crippen LogP contribution in [0.3, 0.4) is 0 Å². The minimum atomic E-state index is -3.83. The molecule has 10 heteroatoms. The van der Waals surface area contributed by atoms with Crippen molar-refractivity contribution in [2.24, 2.45) is 5.92 Å². The zero-order chi connectivity index (χ0) is 25.4. The first-order valence-corrected chi connectivity index (χ1v) is 14.5. The van der Waals surface area contributed by atoms with Crippen molar-refractivity contribution < 1.29 is 22.3 Å². The van der Waals surface area contributed by atoms with Gasteiger partial charge < -0.3 is 4.74 Å². The highest BCUT2D eigenvalue weighted by Crippen LogP contribution is 2.34. The second-order valence-corrected chi connectivity index (χ2v) is 12.6. The Balaban J connectivity index is 1.42. The minimum absolute atomic E-state index is 0.0325. The van der Waals surface area contributed by atoms with Gasteiger partial charge in [0.1, 0.15) is 5.82 Å². The molecule has 5 rings (SSSR count). The maximum atomic E-state index is 13.9. The molecule has 2 atom stereocenters. The quantitative estimate of drug-likeness (QED) is 0.462. The predicted molar refractivity (Wildman–Crippen MR) is 138 cm³/mol. The molecular formula is C26H30FN3O4S2. The van der Waals surface area contributed by atoms with Crippen molar-refractivity contribution in [2.75, 3.05) is 31.1 Å². The number of ether oxygens (including phenoxy) is 1. The zero-order valence-electron chi connectivity index (χ0n) is 20.4. The molecule has 1 amide bonds. The summed E-state index contributed by atoms with van der Waals surface area (Å²) in [4.78, 5) is 20.5. The van der Waals surface area contributed by atoms with Gasteiger partial charge in [0.2, 0.25) is 15.9 Å². The SMILES string of the molecule is Cc1cc2nc(N(CC3CCCO3)C(=O)C3CCCN(S(=O)(=O)c4ccc(F)cc4)C3)sc2cc1C. The number of anilines is 1. The van der Waals surface area contributed by atoms with E-state index in [1.54, 1.807) is 4.90 Å². The molecule has 3 heterocycles. The van der Waals surface area contributed by atoms with Gasteiger partial charge in [-0.2, -0.15) is 4.31 Å². The maximum Gasteiger partial charge on any atom is 0.243 e. The van der Waals surface area contributed by atoms with E-state index in [4.69, 9.17) is 9.72 Å². The number of thiazole rings is 1. The average Bonchev–Trinajstić information content (AvgIpc) is 3.52. The summed E-state index contributed by atoms with van der Waals surface area (Å²) >= 11 is 1.48. The fraction of sp³-hybridized carbons (Fsp3) is 0.462. The van der Waals surface area contributed by atoms with Gasteiger partial charge in [-0.15, -0.1) is 0 Å². The van der Waals surface area contributed by atoms with Crippen LogP contribution in [-0.2, 0) is 19.6 Å². The number of aromatic nitrogens is 1. The third-order valence-electron chi connectivity index (χ3n) is 7.08. The molecule has 2 fully saturated rings. The van der Waals surface area contributed by atoms with E-state index in [-0.39, 0.29) is 23.5 Å². The monoisotopic (exact) mass is 531 g/mol. The molecule has 2 unspecified atom stereocenters. The molecule has 0 radical (unpaired) electrons. The van der Waals surface area contributed by atoms with E-state index in [1.165, 1.54) is 33.3 Å². The Bertz CT molecular complexity index is 1330. The number of fused-ring (bicyclic) bond motifs is 1. The Kier molecular flexibility index (Phi) is 7.13. The number of amides is 1. The van der Waals surface area contributed by atoms with E-state index in [2.05, 4.69) is 13.0 Å². The number of piperidine rings is 1. The molecule has 0 saturated carbocycles. The van der Waals surface area contributed by atoms with Gasteiger partial charge >= 0.3 is 0 Å². The van der Waals surface area contributed by atoms with Crippen LogP contribution in [-0.4, -0.2) is 56.0 Å². The summed E-state index contributed by atoms with van der Waals surface area (Å²) in [6.45, 7) is 5.59. The van der Waals surface area contributed by atoms with Crippen LogP contribution in [0.15, 0.2) is 41.3 Å². The topological polar surface area (TPSA) is 79.8 Å². The molecule has 2 aliphatic rings. The van der Waals surface area contributed by atoms with E-state index >= 15 is 0 Å². The fourth-order valence-electron chi connectivity index (χ4n) is 4.88. The minimum Gasteiger partial charge on any atom is -0.376 e. The van der Waals surface area contributed by atoms with Gasteiger partial charge in [-0.25, -0.2) is 17.8 Å². The number of hydrogen-bond donors (Lipinski definition) is 0. The second kappa shape index (κ2) is 10.2. The molecule has 0 aliphatic carbocycles. The van der Waals surface area contributed by atoms with Gasteiger partial charge in [-0.3, -0.25) is 9.69 Å². The van der Waals surface area contributed by atoms with Gasteiger partial charge in [-0.1, -0.05) is 11.3 Å². The Morgan fingerprint density at radius 3 is 2.64 bits per heavy atom. The highest BCUT2D eigenvalue weighted by molar-refractivity contribution is 7.89. The van der Waals surface area contributed by atoms with Gasteiger partial charge in [0.05, 0.1) is 33.7 Å². The summed E-state index contributed by atoms with van der Waals surface area (Å²) in [5, 5.41) is 0.619. The fourth-order valence-corrected chi connectivity index (χ4v) is 7.46. The molecule has 0 N–H and O–H groups in total. The normalized spacial score (nSPS) is 21.2. The first-order valence-electron chi connectivity index (χ1n) is 12.3. The second-order valence-electron chi connectivity index (χ2n) is 9.64. The van der Waals surface area contributed by atoms with E-state index in [9.17, 15) is 17.6 Å². The maximum absolute atomic E-state index is 13.9. The van der Waals surface area contributed by atoms with Crippen molar-refractivity contribution >= 4 is 42.6 Å². The Morgan fingerprint density at radius 2 is 1.92 bits per heavy atom. The average molecular weight is 532 g/mol. The molecule has 3 aromatic rings. The molecule has 2 saturated heterocycles.